The van der Waals surface area contributed by atoms with Gasteiger partial charge in [0.1, 0.15) is 0 Å². The van der Waals surface area contributed by atoms with Crippen LogP contribution in [0.1, 0.15) is 15.9 Å². The third-order valence-electron chi connectivity index (χ3n) is 3.33. The van der Waals surface area contributed by atoms with Gasteiger partial charge in [-0.05, 0) is 30.2 Å². The Hall–Kier alpha value is -2.06. The Labute approximate surface area is 116 Å². The van der Waals surface area contributed by atoms with Crippen LogP contribution in [0, 0.1) is 6.92 Å². The molecule has 2 aromatic carbocycles. The fraction of sp³-hybridized carbons (Fsp3) is 0.0625. The molecule has 3 aromatic rings. The van der Waals surface area contributed by atoms with Gasteiger partial charge in [-0.15, -0.1) is 0 Å². The van der Waals surface area contributed by atoms with Crippen LogP contribution in [0.25, 0.3) is 22.2 Å². The lowest BCUT2D eigenvalue weighted by Gasteiger charge is -1.99. The minimum atomic E-state index is 0.684. The van der Waals surface area contributed by atoms with Gasteiger partial charge in [0.15, 0.2) is 6.29 Å². The largest absolute Gasteiger partial charge is 0.354 e. The summed E-state index contributed by atoms with van der Waals surface area (Å²) < 4.78 is 0. The number of carbonyl (C=O) groups excluding carboxylic acids is 1. The summed E-state index contributed by atoms with van der Waals surface area (Å²) in [5.41, 5.74) is 4.63. The topological polar surface area (TPSA) is 32.9 Å². The molecule has 1 N–H and O–H groups in total. The van der Waals surface area contributed by atoms with E-state index < -0.39 is 0 Å². The first kappa shape index (κ1) is 12.0. The van der Waals surface area contributed by atoms with Crippen molar-refractivity contribution < 1.29 is 4.79 Å². The molecule has 0 bridgehead atoms. The van der Waals surface area contributed by atoms with Crippen LogP contribution in [0.15, 0.2) is 42.5 Å². The maximum Gasteiger partial charge on any atom is 0.152 e. The van der Waals surface area contributed by atoms with E-state index in [0.29, 0.717) is 10.6 Å². The molecule has 1 aromatic heterocycles. The Morgan fingerprint density at radius 1 is 1.11 bits per heavy atom. The van der Waals surface area contributed by atoms with E-state index in [1.54, 1.807) is 0 Å². The van der Waals surface area contributed by atoms with E-state index in [4.69, 9.17) is 11.6 Å². The number of rotatable bonds is 2. The summed E-state index contributed by atoms with van der Waals surface area (Å²) in [7, 11) is 0. The van der Waals surface area contributed by atoms with Gasteiger partial charge in [-0.3, -0.25) is 4.79 Å². The third-order valence-corrected chi connectivity index (χ3v) is 3.59. The maximum atomic E-state index is 11.4. The number of nitrogens with one attached hydrogen (secondary N) is 1. The van der Waals surface area contributed by atoms with Crippen LogP contribution in [0.4, 0.5) is 0 Å². The number of aryl methyl sites for hydroxylation is 1. The van der Waals surface area contributed by atoms with Gasteiger partial charge >= 0.3 is 0 Å². The van der Waals surface area contributed by atoms with E-state index in [0.717, 1.165) is 34.0 Å². The molecular weight excluding hydrogens is 258 g/mol. The fourth-order valence-electron chi connectivity index (χ4n) is 2.35. The zero-order chi connectivity index (χ0) is 13.4. The molecule has 0 fully saturated rings. The predicted molar refractivity (Wildman–Crippen MR) is 78.9 cm³/mol. The summed E-state index contributed by atoms with van der Waals surface area (Å²) in [5, 5.41) is 1.64. The summed E-state index contributed by atoms with van der Waals surface area (Å²) in [6.45, 7) is 2.03. The van der Waals surface area contributed by atoms with Crippen molar-refractivity contribution in [3.05, 3.63) is 58.6 Å². The third kappa shape index (κ3) is 1.94. The van der Waals surface area contributed by atoms with Crippen molar-refractivity contribution in [1.29, 1.82) is 0 Å². The lowest BCUT2D eigenvalue weighted by molar-refractivity contribution is 0.112. The van der Waals surface area contributed by atoms with E-state index >= 15 is 0 Å². The molecule has 2 nitrogen and oxygen atoms in total. The number of aromatic amines is 1. The standard InChI is InChI=1S/C16H12ClNO/c1-10-3-2-4-13-14(9-19)16(18-15(10)13)11-5-7-12(17)8-6-11/h2-9,18H,1H3. The van der Waals surface area contributed by atoms with Crippen LogP contribution < -0.4 is 0 Å². The van der Waals surface area contributed by atoms with Gasteiger partial charge in [0, 0.05) is 21.5 Å². The first-order chi connectivity index (χ1) is 9.20. The predicted octanol–water partition coefficient (Wildman–Crippen LogP) is 4.61. The summed E-state index contributed by atoms with van der Waals surface area (Å²) in [5.74, 6) is 0. The average Bonchev–Trinajstić information content (AvgIpc) is 2.79. The highest BCUT2D eigenvalue weighted by atomic mass is 35.5. The molecule has 0 radical (unpaired) electrons. The zero-order valence-corrected chi connectivity index (χ0v) is 11.2. The van der Waals surface area contributed by atoms with Gasteiger partial charge in [-0.1, -0.05) is 41.9 Å². The minimum Gasteiger partial charge on any atom is -0.354 e. The number of carbonyl (C=O) groups is 1. The minimum absolute atomic E-state index is 0.684. The number of para-hydroxylation sites is 1. The first-order valence-electron chi connectivity index (χ1n) is 6.03. The Kier molecular flexibility index (Phi) is 2.88. The molecular formula is C16H12ClNO. The normalized spacial score (nSPS) is 10.8. The highest BCUT2D eigenvalue weighted by Gasteiger charge is 2.13. The van der Waals surface area contributed by atoms with Crippen molar-refractivity contribution in [1.82, 2.24) is 4.98 Å². The van der Waals surface area contributed by atoms with Gasteiger partial charge in [0.2, 0.25) is 0 Å². The zero-order valence-electron chi connectivity index (χ0n) is 10.4. The highest BCUT2D eigenvalue weighted by Crippen LogP contribution is 2.31. The number of hydrogen-bond acceptors (Lipinski definition) is 1. The molecule has 0 saturated heterocycles. The monoisotopic (exact) mass is 269 g/mol. The van der Waals surface area contributed by atoms with Gasteiger partial charge in [-0.25, -0.2) is 0 Å². The lowest BCUT2D eigenvalue weighted by atomic mass is 10.1. The molecule has 3 rings (SSSR count). The first-order valence-corrected chi connectivity index (χ1v) is 6.41. The van der Waals surface area contributed by atoms with Crippen LogP contribution in [0.5, 0.6) is 0 Å². The molecule has 0 unspecified atom stereocenters. The van der Waals surface area contributed by atoms with Crippen molar-refractivity contribution in [3.63, 3.8) is 0 Å². The molecule has 94 valence electrons. The van der Waals surface area contributed by atoms with Crippen LogP contribution in [0.3, 0.4) is 0 Å². The van der Waals surface area contributed by atoms with Crippen LogP contribution in [0.2, 0.25) is 5.02 Å². The molecule has 3 heteroatoms. The molecule has 1 heterocycles. The number of aldehydes is 1. The molecule has 0 spiro atoms. The SMILES string of the molecule is Cc1cccc2c(C=O)c(-c3ccc(Cl)cc3)[nH]c12. The van der Waals surface area contributed by atoms with Gasteiger partial charge in [0.05, 0.1) is 5.69 Å². The molecule has 0 saturated carbocycles. The summed E-state index contributed by atoms with van der Waals surface area (Å²) >= 11 is 5.90. The van der Waals surface area contributed by atoms with Crippen LogP contribution in [-0.4, -0.2) is 11.3 Å². The molecule has 0 aliphatic rings. The highest BCUT2D eigenvalue weighted by molar-refractivity contribution is 6.30. The van der Waals surface area contributed by atoms with Crippen molar-refractivity contribution in [2.24, 2.45) is 0 Å². The Balaban J connectivity index is 2.32. The molecule has 19 heavy (non-hydrogen) atoms. The van der Waals surface area contributed by atoms with E-state index in [1.807, 2.05) is 49.4 Å². The number of halogens is 1. The van der Waals surface area contributed by atoms with E-state index in [2.05, 4.69) is 4.98 Å². The van der Waals surface area contributed by atoms with Gasteiger partial charge in [-0.2, -0.15) is 0 Å². The van der Waals surface area contributed by atoms with Crippen molar-refractivity contribution in [3.8, 4) is 11.3 Å². The van der Waals surface area contributed by atoms with Crippen LogP contribution >= 0.6 is 11.6 Å². The average molecular weight is 270 g/mol. The molecule has 0 aliphatic carbocycles. The molecule has 0 atom stereocenters. The van der Waals surface area contributed by atoms with Crippen LogP contribution in [-0.2, 0) is 0 Å². The van der Waals surface area contributed by atoms with E-state index in [1.165, 1.54) is 0 Å². The van der Waals surface area contributed by atoms with Gasteiger partial charge in [0.25, 0.3) is 0 Å². The second-order valence-corrected chi connectivity index (χ2v) is 4.97. The molecule has 0 amide bonds. The van der Waals surface area contributed by atoms with Crippen molar-refractivity contribution in [2.45, 2.75) is 6.92 Å². The van der Waals surface area contributed by atoms with E-state index in [-0.39, 0.29) is 0 Å². The summed E-state index contributed by atoms with van der Waals surface area (Å²) in [6.07, 6.45) is 0.905. The van der Waals surface area contributed by atoms with Crippen molar-refractivity contribution >= 4 is 28.8 Å². The molecule has 0 aliphatic heterocycles. The number of H-pyrrole nitrogens is 1. The van der Waals surface area contributed by atoms with E-state index in [9.17, 15) is 4.79 Å². The fourth-order valence-corrected chi connectivity index (χ4v) is 2.48. The number of fused-ring (bicyclic) bond motifs is 1. The smallest absolute Gasteiger partial charge is 0.152 e. The summed E-state index contributed by atoms with van der Waals surface area (Å²) in [4.78, 5) is 14.8. The summed E-state index contributed by atoms with van der Waals surface area (Å²) in [6, 6.07) is 13.4. The number of aromatic nitrogens is 1. The second kappa shape index (κ2) is 4.56. The Morgan fingerprint density at radius 2 is 1.84 bits per heavy atom. The number of hydrogen-bond donors (Lipinski definition) is 1. The number of benzene rings is 2. The lowest BCUT2D eigenvalue weighted by Crippen LogP contribution is -1.84. The van der Waals surface area contributed by atoms with Crippen molar-refractivity contribution in [2.75, 3.05) is 0 Å². The maximum absolute atomic E-state index is 11.4. The Bertz CT molecular complexity index is 756. The quantitative estimate of drug-likeness (QED) is 0.677. The van der Waals surface area contributed by atoms with Gasteiger partial charge < -0.3 is 4.98 Å². The Morgan fingerprint density at radius 3 is 2.53 bits per heavy atom. The second-order valence-electron chi connectivity index (χ2n) is 4.54.